The maximum absolute atomic E-state index is 12.0. The summed E-state index contributed by atoms with van der Waals surface area (Å²) in [7, 11) is 1.62. The molecule has 94 valence electrons. The van der Waals surface area contributed by atoms with Crippen molar-refractivity contribution in [3.63, 3.8) is 0 Å². The van der Waals surface area contributed by atoms with Gasteiger partial charge in [0.05, 0.1) is 25.4 Å². The molecule has 0 aromatic carbocycles. The van der Waals surface area contributed by atoms with E-state index < -0.39 is 0 Å². The highest BCUT2D eigenvalue weighted by molar-refractivity contribution is 7.07. The second-order valence-electron chi connectivity index (χ2n) is 3.93. The van der Waals surface area contributed by atoms with Crippen molar-refractivity contribution in [1.29, 1.82) is 0 Å². The van der Waals surface area contributed by atoms with E-state index in [4.69, 9.17) is 4.74 Å². The first-order chi connectivity index (χ1) is 8.63. The average Bonchev–Trinajstić information content (AvgIpc) is 2.87. The second kappa shape index (κ2) is 5.22. The third-order valence-corrected chi connectivity index (χ3v) is 3.42. The van der Waals surface area contributed by atoms with E-state index in [1.807, 2.05) is 13.8 Å². The molecule has 0 fully saturated rings. The van der Waals surface area contributed by atoms with E-state index in [0.29, 0.717) is 4.88 Å². The minimum atomic E-state index is -0.0218. The smallest absolute Gasteiger partial charge is 0.182 e. The monoisotopic (exact) mass is 263 g/mol. The third-order valence-electron chi connectivity index (χ3n) is 2.71. The molecule has 5 nitrogen and oxygen atoms in total. The number of rotatable bonds is 4. The van der Waals surface area contributed by atoms with Crippen LogP contribution in [-0.2, 0) is 6.42 Å². The van der Waals surface area contributed by atoms with Gasteiger partial charge in [0, 0.05) is 17.3 Å². The largest absolute Gasteiger partial charge is 0.496 e. The van der Waals surface area contributed by atoms with Gasteiger partial charge in [0.15, 0.2) is 5.78 Å². The summed E-state index contributed by atoms with van der Waals surface area (Å²) in [6, 6.07) is 0. The van der Waals surface area contributed by atoms with Crippen molar-refractivity contribution < 1.29 is 9.53 Å². The number of carbonyl (C=O) groups excluding carboxylic acids is 1. The number of aryl methyl sites for hydroxylation is 1. The van der Waals surface area contributed by atoms with Gasteiger partial charge in [0.1, 0.15) is 10.6 Å². The number of carbonyl (C=O) groups is 1. The maximum atomic E-state index is 12.0. The number of aromatic nitrogens is 3. The molecule has 2 rings (SSSR count). The molecular formula is C12H13N3O2S. The zero-order chi connectivity index (χ0) is 13.1. The molecule has 0 N–H and O–H groups in total. The van der Waals surface area contributed by atoms with Crippen molar-refractivity contribution in [2.24, 2.45) is 0 Å². The molecule has 2 heterocycles. The van der Waals surface area contributed by atoms with Gasteiger partial charge in [-0.15, -0.1) is 5.10 Å². The van der Waals surface area contributed by atoms with Gasteiger partial charge in [-0.05, 0) is 25.4 Å². The van der Waals surface area contributed by atoms with Gasteiger partial charge in [-0.2, -0.15) is 0 Å². The van der Waals surface area contributed by atoms with Crippen LogP contribution in [0.3, 0.4) is 0 Å². The fourth-order valence-electron chi connectivity index (χ4n) is 1.78. The van der Waals surface area contributed by atoms with Gasteiger partial charge in [-0.1, -0.05) is 4.49 Å². The highest BCUT2D eigenvalue weighted by atomic mass is 32.1. The molecule has 0 aliphatic rings. The third kappa shape index (κ3) is 2.38. The highest BCUT2D eigenvalue weighted by Crippen LogP contribution is 2.24. The fourth-order valence-corrected chi connectivity index (χ4v) is 2.23. The molecule has 0 saturated heterocycles. The van der Waals surface area contributed by atoms with Crippen LogP contribution >= 0.6 is 11.5 Å². The molecule has 0 unspecified atom stereocenters. The van der Waals surface area contributed by atoms with Crippen molar-refractivity contribution >= 4 is 17.3 Å². The molecule has 0 aliphatic carbocycles. The summed E-state index contributed by atoms with van der Waals surface area (Å²) in [5.41, 5.74) is 2.60. The molecular weight excluding hydrogens is 250 g/mol. The molecule has 0 spiro atoms. The molecule has 0 aliphatic heterocycles. The number of nitrogens with zero attached hydrogens (tertiary/aromatic N) is 3. The van der Waals surface area contributed by atoms with Crippen LogP contribution in [-0.4, -0.2) is 27.5 Å². The Labute approximate surface area is 109 Å². The van der Waals surface area contributed by atoms with Crippen LogP contribution in [0.25, 0.3) is 0 Å². The Bertz CT molecular complexity index is 567. The summed E-state index contributed by atoms with van der Waals surface area (Å²) in [5, 5.41) is 3.66. The quantitative estimate of drug-likeness (QED) is 0.789. The average molecular weight is 263 g/mol. The van der Waals surface area contributed by atoms with E-state index in [1.54, 1.807) is 13.3 Å². The van der Waals surface area contributed by atoms with E-state index in [2.05, 4.69) is 14.6 Å². The van der Waals surface area contributed by atoms with E-state index in [-0.39, 0.29) is 12.2 Å². The maximum Gasteiger partial charge on any atom is 0.182 e. The molecule has 0 amide bonds. The summed E-state index contributed by atoms with van der Waals surface area (Å²) in [5.74, 6) is 0.765. The Morgan fingerprint density at radius 2 is 2.17 bits per heavy atom. The van der Waals surface area contributed by atoms with Gasteiger partial charge >= 0.3 is 0 Å². The van der Waals surface area contributed by atoms with Gasteiger partial charge in [-0.25, -0.2) is 0 Å². The molecule has 0 saturated carbocycles. The molecule has 0 radical (unpaired) electrons. The Kier molecular flexibility index (Phi) is 3.66. The second-order valence-corrected chi connectivity index (χ2v) is 4.71. The zero-order valence-electron chi connectivity index (χ0n) is 10.4. The van der Waals surface area contributed by atoms with Crippen LogP contribution in [0, 0.1) is 13.8 Å². The SMILES string of the molecule is COc1c(C)cnc(CC(=O)c2cnns2)c1C. The Morgan fingerprint density at radius 1 is 1.39 bits per heavy atom. The van der Waals surface area contributed by atoms with Crippen LogP contribution in [0.1, 0.15) is 26.5 Å². The van der Waals surface area contributed by atoms with E-state index in [9.17, 15) is 4.79 Å². The predicted octanol–water partition coefficient (Wildman–Crippen LogP) is 1.98. The van der Waals surface area contributed by atoms with E-state index >= 15 is 0 Å². The normalized spacial score (nSPS) is 10.4. The van der Waals surface area contributed by atoms with Gasteiger partial charge in [0.25, 0.3) is 0 Å². The Morgan fingerprint density at radius 3 is 2.78 bits per heavy atom. The summed E-state index contributed by atoms with van der Waals surface area (Å²) < 4.78 is 9.00. The zero-order valence-corrected chi connectivity index (χ0v) is 11.2. The van der Waals surface area contributed by atoms with Gasteiger partial charge < -0.3 is 4.74 Å². The summed E-state index contributed by atoms with van der Waals surface area (Å²) in [4.78, 5) is 16.8. The Balaban J connectivity index is 2.27. The highest BCUT2D eigenvalue weighted by Gasteiger charge is 2.15. The lowest BCUT2D eigenvalue weighted by Gasteiger charge is -2.11. The summed E-state index contributed by atoms with van der Waals surface area (Å²) >= 11 is 1.10. The molecule has 0 atom stereocenters. The van der Waals surface area contributed by atoms with Crippen LogP contribution < -0.4 is 4.74 Å². The lowest BCUT2D eigenvalue weighted by Crippen LogP contribution is -2.07. The lowest BCUT2D eigenvalue weighted by atomic mass is 10.1. The fraction of sp³-hybridized carbons (Fsp3) is 0.333. The van der Waals surface area contributed by atoms with Crippen molar-refractivity contribution in [3.05, 3.63) is 34.1 Å². The number of hydrogen-bond acceptors (Lipinski definition) is 6. The van der Waals surface area contributed by atoms with Crippen LogP contribution in [0.2, 0.25) is 0 Å². The van der Waals surface area contributed by atoms with Crippen molar-refractivity contribution in [1.82, 2.24) is 14.6 Å². The number of hydrogen-bond donors (Lipinski definition) is 0. The number of ether oxygens (including phenoxy) is 1. The van der Waals surface area contributed by atoms with Crippen molar-refractivity contribution in [2.75, 3.05) is 7.11 Å². The number of pyridine rings is 1. The minimum Gasteiger partial charge on any atom is -0.496 e. The van der Waals surface area contributed by atoms with Gasteiger partial charge in [-0.3, -0.25) is 9.78 Å². The summed E-state index contributed by atoms with van der Waals surface area (Å²) in [6.45, 7) is 3.84. The van der Waals surface area contributed by atoms with Crippen LogP contribution in [0.5, 0.6) is 5.75 Å². The number of Topliss-reactive ketones (excluding diaryl/α,β-unsaturated/α-hetero) is 1. The molecule has 18 heavy (non-hydrogen) atoms. The van der Waals surface area contributed by atoms with Gasteiger partial charge in [0.2, 0.25) is 0 Å². The Hall–Kier alpha value is -1.82. The van der Waals surface area contributed by atoms with Crippen LogP contribution in [0.4, 0.5) is 0 Å². The molecule has 6 heteroatoms. The van der Waals surface area contributed by atoms with Crippen molar-refractivity contribution in [3.8, 4) is 5.75 Å². The van der Waals surface area contributed by atoms with E-state index in [0.717, 1.165) is 34.1 Å². The molecule has 0 bridgehead atoms. The number of methoxy groups -OCH3 is 1. The topological polar surface area (TPSA) is 65.0 Å². The lowest BCUT2D eigenvalue weighted by molar-refractivity contribution is 0.0995. The predicted molar refractivity (Wildman–Crippen MR) is 68.2 cm³/mol. The first-order valence-corrected chi connectivity index (χ1v) is 6.20. The molecule has 2 aromatic heterocycles. The minimum absolute atomic E-state index is 0.0218. The van der Waals surface area contributed by atoms with Crippen molar-refractivity contribution in [2.45, 2.75) is 20.3 Å². The number of ketones is 1. The van der Waals surface area contributed by atoms with E-state index in [1.165, 1.54) is 6.20 Å². The van der Waals surface area contributed by atoms with Crippen LogP contribution in [0.15, 0.2) is 12.4 Å². The molecule has 2 aromatic rings. The first-order valence-electron chi connectivity index (χ1n) is 5.43. The first kappa shape index (κ1) is 12.6. The standard InChI is InChI=1S/C12H13N3O2S/c1-7-5-13-9(8(2)12(7)17-3)4-10(16)11-6-14-15-18-11/h5-6H,4H2,1-3H3. The summed E-state index contributed by atoms with van der Waals surface area (Å²) in [6.07, 6.45) is 3.44.